The molecule has 1 aromatic rings. The summed E-state index contributed by atoms with van der Waals surface area (Å²) in [7, 11) is 0. The van der Waals surface area contributed by atoms with Crippen LogP contribution >= 0.6 is 22.6 Å². The molecule has 1 heterocycles. The van der Waals surface area contributed by atoms with Crippen molar-refractivity contribution < 1.29 is 9.90 Å². The fraction of sp³-hybridized carbons (Fsp3) is 0.250. The van der Waals surface area contributed by atoms with Crippen molar-refractivity contribution in [1.82, 2.24) is 4.98 Å². The highest BCUT2D eigenvalue weighted by molar-refractivity contribution is 14.1. The van der Waals surface area contributed by atoms with Gasteiger partial charge in [-0.25, -0.2) is 9.78 Å². The lowest BCUT2D eigenvalue weighted by atomic mass is 10.1. The molecule has 3 nitrogen and oxygen atoms in total. The number of nitrogens with zero attached hydrogens (tertiary/aromatic N) is 1. The van der Waals surface area contributed by atoms with Crippen LogP contribution in [0.3, 0.4) is 0 Å². The lowest BCUT2D eigenvalue weighted by Crippen LogP contribution is -2.05. The van der Waals surface area contributed by atoms with Crippen LogP contribution in [0.25, 0.3) is 0 Å². The first kappa shape index (κ1) is 9.44. The maximum Gasteiger partial charge on any atom is 0.337 e. The van der Waals surface area contributed by atoms with Gasteiger partial charge in [0.2, 0.25) is 0 Å². The predicted molar refractivity (Wildman–Crippen MR) is 53.4 cm³/mol. The number of rotatable bonds is 1. The van der Waals surface area contributed by atoms with E-state index in [1.54, 1.807) is 19.9 Å². The molecular formula is C8H8INO2. The molecule has 0 aliphatic carbocycles. The number of halogens is 1. The third kappa shape index (κ3) is 1.74. The number of carboxylic acids is 1. The molecule has 0 fully saturated rings. The number of pyridine rings is 1. The van der Waals surface area contributed by atoms with Crippen molar-refractivity contribution in [3.8, 4) is 0 Å². The normalized spacial score (nSPS) is 9.92. The smallest absolute Gasteiger partial charge is 0.337 e. The van der Waals surface area contributed by atoms with Crippen LogP contribution in [0.4, 0.5) is 0 Å². The standard InChI is InChI=1S/C8H8INO2/c1-4-3-6(9)10-5(2)7(4)8(11)12/h3H,1-2H3,(H,11,12). The Bertz CT molecular complexity index is 313. The molecule has 0 saturated carbocycles. The summed E-state index contributed by atoms with van der Waals surface area (Å²) in [5.74, 6) is -0.908. The van der Waals surface area contributed by atoms with Gasteiger partial charge in [0.25, 0.3) is 0 Å². The molecule has 0 aromatic carbocycles. The van der Waals surface area contributed by atoms with Crippen LogP contribution in [-0.2, 0) is 0 Å². The Morgan fingerprint density at radius 3 is 2.58 bits per heavy atom. The fourth-order valence-corrected chi connectivity index (χ4v) is 1.94. The van der Waals surface area contributed by atoms with E-state index in [0.29, 0.717) is 11.3 Å². The summed E-state index contributed by atoms with van der Waals surface area (Å²) in [6, 6.07) is 1.76. The molecule has 0 bridgehead atoms. The van der Waals surface area contributed by atoms with Crippen LogP contribution in [0.1, 0.15) is 21.6 Å². The first-order valence-electron chi connectivity index (χ1n) is 3.39. The second-order valence-electron chi connectivity index (χ2n) is 2.53. The molecule has 0 spiro atoms. The Labute approximate surface area is 84.0 Å². The van der Waals surface area contributed by atoms with Crippen molar-refractivity contribution in [2.45, 2.75) is 13.8 Å². The SMILES string of the molecule is Cc1cc(I)nc(C)c1C(=O)O. The largest absolute Gasteiger partial charge is 0.478 e. The molecule has 0 radical (unpaired) electrons. The lowest BCUT2D eigenvalue weighted by Gasteiger charge is -2.03. The van der Waals surface area contributed by atoms with E-state index in [9.17, 15) is 4.79 Å². The van der Waals surface area contributed by atoms with E-state index in [4.69, 9.17) is 5.11 Å². The molecule has 12 heavy (non-hydrogen) atoms. The highest BCUT2D eigenvalue weighted by Gasteiger charge is 2.11. The highest BCUT2D eigenvalue weighted by Crippen LogP contribution is 2.14. The van der Waals surface area contributed by atoms with Crippen LogP contribution in [0.2, 0.25) is 0 Å². The van der Waals surface area contributed by atoms with Crippen molar-refractivity contribution in [2.24, 2.45) is 0 Å². The fourth-order valence-electron chi connectivity index (χ4n) is 1.11. The van der Waals surface area contributed by atoms with Crippen LogP contribution in [0.5, 0.6) is 0 Å². The average molecular weight is 277 g/mol. The number of hydrogen-bond acceptors (Lipinski definition) is 2. The lowest BCUT2D eigenvalue weighted by molar-refractivity contribution is 0.0694. The first-order chi connectivity index (χ1) is 5.52. The summed E-state index contributed by atoms with van der Waals surface area (Å²) in [5, 5.41) is 8.79. The van der Waals surface area contributed by atoms with E-state index in [0.717, 1.165) is 9.26 Å². The zero-order valence-electron chi connectivity index (χ0n) is 6.76. The molecule has 1 N–H and O–H groups in total. The third-order valence-electron chi connectivity index (χ3n) is 1.58. The second-order valence-corrected chi connectivity index (χ2v) is 3.63. The van der Waals surface area contributed by atoms with Gasteiger partial charge in [-0.05, 0) is 48.1 Å². The van der Waals surface area contributed by atoms with Gasteiger partial charge in [-0.2, -0.15) is 0 Å². The zero-order valence-corrected chi connectivity index (χ0v) is 8.92. The number of carbonyl (C=O) groups is 1. The Hall–Kier alpha value is -0.650. The monoisotopic (exact) mass is 277 g/mol. The Morgan fingerprint density at radius 2 is 2.17 bits per heavy atom. The van der Waals surface area contributed by atoms with Gasteiger partial charge in [0.05, 0.1) is 11.3 Å². The van der Waals surface area contributed by atoms with E-state index in [-0.39, 0.29) is 0 Å². The molecule has 4 heteroatoms. The first-order valence-corrected chi connectivity index (χ1v) is 4.47. The summed E-state index contributed by atoms with van der Waals surface area (Å²) in [5.41, 5.74) is 1.65. The Morgan fingerprint density at radius 1 is 1.58 bits per heavy atom. The van der Waals surface area contributed by atoms with Gasteiger partial charge in [0.15, 0.2) is 0 Å². The third-order valence-corrected chi connectivity index (χ3v) is 2.13. The minimum atomic E-state index is -0.908. The number of aryl methyl sites for hydroxylation is 2. The molecule has 0 saturated heterocycles. The van der Waals surface area contributed by atoms with Gasteiger partial charge in [-0.15, -0.1) is 0 Å². The summed E-state index contributed by atoms with van der Waals surface area (Å²) in [4.78, 5) is 14.8. The summed E-state index contributed by atoms with van der Waals surface area (Å²) < 4.78 is 0.826. The van der Waals surface area contributed by atoms with Crippen molar-refractivity contribution >= 4 is 28.6 Å². The van der Waals surface area contributed by atoms with Gasteiger partial charge in [-0.3, -0.25) is 0 Å². The van der Waals surface area contributed by atoms with E-state index in [1.165, 1.54) is 0 Å². The van der Waals surface area contributed by atoms with E-state index in [2.05, 4.69) is 27.6 Å². The van der Waals surface area contributed by atoms with Gasteiger partial charge in [0.1, 0.15) is 3.70 Å². The van der Waals surface area contributed by atoms with E-state index in [1.807, 2.05) is 0 Å². The molecule has 0 aliphatic heterocycles. The quantitative estimate of drug-likeness (QED) is 0.631. The zero-order chi connectivity index (χ0) is 9.30. The van der Waals surface area contributed by atoms with E-state index >= 15 is 0 Å². The van der Waals surface area contributed by atoms with Gasteiger partial charge in [0, 0.05) is 0 Å². The average Bonchev–Trinajstić information content (AvgIpc) is 1.82. The van der Waals surface area contributed by atoms with Gasteiger partial charge in [-0.1, -0.05) is 0 Å². The maximum atomic E-state index is 10.7. The molecule has 1 aromatic heterocycles. The van der Waals surface area contributed by atoms with Crippen LogP contribution in [0, 0.1) is 17.5 Å². The Kier molecular flexibility index (Phi) is 2.66. The molecule has 0 aliphatic rings. The van der Waals surface area contributed by atoms with Crippen molar-refractivity contribution in [1.29, 1.82) is 0 Å². The summed E-state index contributed by atoms with van der Waals surface area (Å²) in [6.07, 6.45) is 0. The van der Waals surface area contributed by atoms with Crippen molar-refractivity contribution in [3.63, 3.8) is 0 Å². The maximum absolute atomic E-state index is 10.7. The van der Waals surface area contributed by atoms with Crippen LogP contribution < -0.4 is 0 Å². The number of aromatic carboxylic acids is 1. The molecular weight excluding hydrogens is 269 g/mol. The predicted octanol–water partition coefficient (Wildman–Crippen LogP) is 2.00. The molecule has 64 valence electrons. The highest BCUT2D eigenvalue weighted by atomic mass is 127. The molecule has 0 atom stereocenters. The number of hydrogen-bond donors (Lipinski definition) is 1. The minimum absolute atomic E-state index is 0.315. The number of carboxylic acid groups (broad SMARTS) is 1. The topological polar surface area (TPSA) is 50.2 Å². The second kappa shape index (κ2) is 3.38. The van der Waals surface area contributed by atoms with Crippen LogP contribution in [0.15, 0.2) is 6.07 Å². The van der Waals surface area contributed by atoms with Gasteiger partial charge < -0.3 is 5.11 Å². The molecule has 0 amide bonds. The van der Waals surface area contributed by atoms with Gasteiger partial charge >= 0.3 is 5.97 Å². The Balaban J connectivity index is 3.38. The van der Waals surface area contributed by atoms with Crippen molar-refractivity contribution in [3.05, 3.63) is 26.6 Å². The molecule has 0 unspecified atom stereocenters. The summed E-state index contributed by atoms with van der Waals surface area (Å²) in [6.45, 7) is 3.49. The molecule has 1 rings (SSSR count). The van der Waals surface area contributed by atoms with Crippen LogP contribution in [-0.4, -0.2) is 16.1 Å². The van der Waals surface area contributed by atoms with Crippen molar-refractivity contribution in [2.75, 3.05) is 0 Å². The van der Waals surface area contributed by atoms with E-state index < -0.39 is 5.97 Å². The summed E-state index contributed by atoms with van der Waals surface area (Å²) >= 11 is 2.07. The number of aromatic nitrogens is 1. The minimum Gasteiger partial charge on any atom is -0.478 e.